The molecule has 0 heterocycles. The molecule has 0 aliphatic carbocycles. The minimum Gasteiger partial charge on any atom is -0.478 e. The predicted octanol–water partition coefficient (Wildman–Crippen LogP) is 2.54. The van der Waals surface area contributed by atoms with Crippen LogP contribution < -0.4 is 0 Å². The highest BCUT2D eigenvalue weighted by Crippen LogP contribution is 2.16. The van der Waals surface area contributed by atoms with E-state index in [0.717, 1.165) is 36.4 Å². The second-order valence-electron chi connectivity index (χ2n) is 10.1. The van der Waals surface area contributed by atoms with E-state index in [1.165, 1.54) is 24.3 Å². The number of carboxylic acids is 4. The molecular weight excluding hydrogens is 696 g/mol. The van der Waals surface area contributed by atoms with Crippen molar-refractivity contribution in [1.82, 2.24) is 0 Å². The van der Waals surface area contributed by atoms with Crippen molar-refractivity contribution >= 4 is 47.8 Å². The molecule has 18 nitrogen and oxygen atoms in total. The molecule has 18 heteroatoms. The Hall–Kier alpha value is -6.66. The largest absolute Gasteiger partial charge is 0.478 e. The number of carboxylic acid groups (broad SMARTS) is 4. The highest BCUT2D eigenvalue weighted by atomic mass is 16.6. The minimum atomic E-state index is -1.44. The smallest absolute Gasteiger partial charge is 0.339 e. The van der Waals surface area contributed by atoms with Crippen molar-refractivity contribution in [3.63, 3.8) is 0 Å². The summed E-state index contributed by atoms with van der Waals surface area (Å²) in [5, 5.41) is 36.6. The Morgan fingerprint density at radius 1 is 0.346 bits per heavy atom. The molecule has 4 N–H and O–H groups in total. The molecule has 0 amide bonds. The van der Waals surface area contributed by atoms with Crippen LogP contribution in [0, 0.1) is 0 Å². The van der Waals surface area contributed by atoms with E-state index < -0.39 is 70.0 Å². The van der Waals surface area contributed by atoms with Gasteiger partial charge in [0, 0.05) is 0 Å². The number of hydrogen-bond donors (Lipinski definition) is 4. The summed E-state index contributed by atoms with van der Waals surface area (Å²) >= 11 is 0. The highest BCUT2D eigenvalue weighted by molar-refractivity contribution is 6.05. The third kappa shape index (κ3) is 11.7. The SMILES string of the molecule is O=C(O)c1ccc(C(=O)O)c(C(=O)OCCOCCOC(=O)c2ccc(C(=O)OCCOCCOC(=O)c3cc(C(=O)O)ccc3C(=O)O)cc2)c1. The van der Waals surface area contributed by atoms with Crippen LogP contribution in [0.25, 0.3) is 0 Å². The zero-order valence-electron chi connectivity index (χ0n) is 26.9. The van der Waals surface area contributed by atoms with Crippen molar-refractivity contribution in [1.29, 1.82) is 0 Å². The van der Waals surface area contributed by atoms with Crippen LogP contribution in [0.4, 0.5) is 0 Å². The van der Waals surface area contributed by atoms with Crippen molar-refractivity contribution < 1.29 is 87.2 Å². The number of esters is 4. The van der Waals surface area contributed by atoms with Crippen molar-refractivity contribution in [2.24, 2.45) is 0 Å². The van der Waals surface area contributed by atoms with E-state index in [4.69, 9.17) is 38.6 Å². The minimum absolute atomic E-state index is 0.0839. The third-order valence-electron chi connectivity index (χ3n) is 6.63. The van der Waals surface area contributed by atoms with E-state index in [0.29, 0.717) is 0 Å². The first kappa shape index (κ1) is 39.8. The van der Waals surface area contributed by atoms with Gasteiger partial charge in [-0.25, -0.2) is 38.4 Å². The topological polar surface area (TPSA) is 273 Å². The lowest BCUT2D eigenvalue weighted by Crippen LogP contribution is -2.17. The maximum Gasteiger partial charge on any atom is 0.339 e. The molecule has 0 aromatic heterocycles. The quantitative estimate of drug-likeness (QED) is 0.0739. The molecule has 0 spiro atoms. The first-order chi connectivity index (χ1) is 24.8. The number of benzene rings is 3. The number of carbonyl (C=O) groups is 8. The Morgan fingerprint density at radius 2 is 0.635 bits per heavy atom. The highest BCUT2D eigenvalue weighted by Gasteiger charge is 2.22. The molecule has 0 bridgehead atoms. The normalized spacial score (nSPS) is 10.5. The van der Waals surface area contributed by atoms with Gasteiger partial charge in [0.15, 0.2) is 0 Å². The number of aromatic carboxylic acids is 4. The Kier molecular flexibility index (Phi) is 14.9. The summed E-state index contributed by atoms with van der Waals surface area (Å²) in [4.78, 5) is 94.1. The van der Waals surface area contributed by atoms with Crippen LogP contribution in [0.1, 0.15) is 82.9 Å². The molecule has 3 rings (SSSR count). The Balaban J connectivity index is 1.29. The average Bonchev–Trinajstić information content (AvgIpc) is 3.12. The molecule has 0 radical (unpaired) electrons. The summed E-state index contributed by atoms with van der Waals surface area (Å²) in [6.07, 6.45) is 0. The van der Waals surface area contributed by atoms with Gasteiger partial charge in [0.2, 0.25) is 0 Å². The van der Waals surface area contributed by atoms with Crippen molar-refractivity contribution in [3.05, 3.63) is 105 Å². The van der Waals surface area contributed by atoms with Crippen molar-refractivity contribution in [3.8, 4) is 0 Å². The zero-order valence-corrected chi connectivity index (χ0v) is 26.9. The fraction of sp³-hybridized carbons (Fsp3) is 0.235. The molecular formula is C34H30O18. The van der Waals surface area contributed by atoms with E-state index in [1.807, 2.05) is 0 Å². The monoisotopic (exact) mass is 726 g/mol. The summed E-state index contributed by atoms with van der Waals surface area (Å²) in [5.74, 6) is -9.16. The number of carbonyl (C=O) groups excluding carboxylic acids is 4. The lowest BCUT2D eigenvalue weighted by molar-refractivity contribution is 0.0138. The summed E-state index contributed by atoms with van der Waals surface area (Å²) < 4.78 is 30.5. The molecule has 0 fully saturated rings. The predicted molar refractivity (Wildman–Crippen MR) is 170 cm³/mol. The first-order valence-corrected chi connectivity index (χ1v) is 15.0. The van der Waals surface area contributed by atoms with E-state index in [1.54, 1.807) is 0 Å². The molecule has 0 aliphatic heterocycles. The molecule has 0 saturated carbocycles. The first-order valence-electron chi connectivity index (χ1n) is 15.0. The molecule has 0 atom stereocenters. The lowest BCUT2D eigenvalue weighted by atomic mass is 10.0. The fourth-order valence-corrected chi connectivity index (χ4v) is 4.11. The van der Waals surface area contributed by atoms with Crippen LogP contribution in [0.15, 0.2) is 60.7 Å². The fourth-order valence-electron chi connectivity index (χ4n) is 4.11. The van der Waals surface area contributed by atoms with Gasteiger partial charge in [0.05, 0.1) is 70.9 Å². The molecule has 0 unspecified atom stereocenters. The van der Waals surface area contributed by atoms with Gasteiger partial charge in [-0.05, 0) is 60.7 Å². The van der Waals surface area contributed by atoms with Gasteiger partial charge in [-0.2, -0.15) is 0 Å². The maximum atomic E-state index is 12.3. The van der Waals surface area contributed by atoms with E-state index >= 15 is 0 Å². The standard InChI is InChI=1S/C34H30O18/c35-27(36)21-5-7-23(29(39)40)25(17-21)33(45)51-15-11-47-9-13-49-31(43)19-1-2-20(4-3-19)32(44)50-14-10-48-12-16-52-34(46)26-18-22(28(37)38)6-8-24(26)30(41)42/h1-8,17-18H,9-16H2,(H,35,36)(H,37,38)(H,39,40)(H,41,42). The van der Waals surface area contributed by atoms with Gasteiger partial charge in [0.1, 0.15) is 26.4 Å². The van der Waals surface area contributed by atoms with Gasteiger partial charge in [-0.15, -0.1) is 0 Å². The molecule has 3 aromatic rings. The van der Waals surface area contributed by atoms with Crippen molar-refractivity contribution in [2.45, 2.75) is 0 Å². The van der Waals surface area contributed by atoms with Crippen LogP contribution in [-0.4, -0.2) is 121 Å². The maximum absolute atomic E-state index is 12.3. The summed E-state index contributed by atoms with van der Waals surface area (Å²) in [6.45, 7) is -1.40. The molecule has 0 aliphatic rings. The third-order valence-corrected chi connectivity index (χ3v) is 6.63. The van der Waals surface area contributed by atoms with Crippen molar-refractivity contribution in [2.75, 3.05) is 52.9 Å². The van der Waals surface area contributed by atoms with Crippen LogP contribution in [0.5, 0.6) is 0 Å². The number of rotatable bonds is 20. The second-order valence-corrected chi connectivity index (χ2v) is 10.1. The number of ether oxygens (including phenoxy) is 6. The van der Waals surface area contributed by atoms with Crippen LogP contribution in [0.2, 0.25) is 0 Å². The zero-order chi connectivity index (χ0) is 38.2. The van der Waals surface area contributed by atoms with E-state index in [-0.39, 0.29) is 75.1 Å². The van der Waals surface area contributed by atoms with Gasteiger partial charge in [-0.1, -0.05) is 0 Å². The molecule has 3 aromatic carbocycles. The van der Waals surface area contributed by atoms with Crippen LogP contribution in [0.3, 0.4) is 0 Å². The van der Waals surface area contributed by atoms with Crippen LogP contribution >= 0.6 is 0 Å². The summed E-state index contributed by atoms with van der Waals surface area (Å²) in [6, 6.07) is 11.2. The Bertz CT molecular complexity index is 1700. The Morgan fingerprint density at radius 3 is 0.923 bits per heavy atom. The molecule has 274 valence electrons. The van der Waals surface area contributed by atoms with Gasteiger partial charge >= 0.3 is 47.8 Å². The van der Waals surface area contributed by atoms with Crippen LogP contribution in [-0.2, 0) is 28.4 Å². The summed E-state index contributed by atoms with van der Waals surface area (Å²) in [5.41, 5.74) is -2.09. The van der Waals surface area contributed by atoms with Gasteiger partial charge < -0.3 is 48.8 Å². The van der Waals surface area contributed by atoms with Gasteiger partial charge in [-0.3, -0.25) is 0 Å². The number of hydrogen-bond acceptors (Lipinski definition) is 14. The molecule has 0 saturated heterocycles. The lowest BCUT2D eigenvalue weighted by Gasteiger charge is -2.10. The van der Waals surface area contributed by atoms with E-state index in [9.17, 15) is 48.6 Å². The average molecular weight is 727 g/mol. The van der Waals surface area contributed by atoms with E-state index in [2.05, 4.69) is 0 Å². The van der Waals surface area contributed by atoms with Gasteiger partial charge in [0.25, 0.3) is 0 Å². The Labute approximate surface area is 293 Å². The second kappa shape index (κ2) is 19.5. The summed E-state index contributed by atoms with van der Waals surface area (Å²) in [7, 11) is 0. The molecule has 52 heavy (non-hydrogen) atoms.